The average Bonchev–Trinajstić information content (AvgIpc) is 2.61. The number of hydrogen-bond acceptors (Lipinski definition) is 3. The highest BCUT2D eigenvalue weighted by molar-refractivity contribution is 6.32. The molecule has 6 heteroatoms. The Labute approximate surface area is 151 Å². The van der Waals surface area contributed by atoms with Gasteiger partial charge in [0.25, 0.3) is 0 Å². The number of rotatable bonds is 7. The van der Waals surface area contributed by atoms with Crippen molar-refractivity contribution in [2.45, 2.75) is 13.5 Å². The van der Waals surface area contributed by atoms with Crippen LogP contribution in [0.25, 0.3) is 6.08 Å². The summed E-state index contributed by atoms with van der Waals surface area (Å²) in [6, 6.07) is 9.38. The summed E-state index contributed by atoms with van der Waals surface area (Å²) in [5.74, 6) is 0.398. The molecule has 132 valence electrons. The zero-order valence-corrected chi connectivity index (χ0v) is 14.8. The summed E-state index contributed by atoms with van der Waals surface area (Å²) < 4.78 is 23.6. The molecular weight excluding hydrogens is 345 g/mol. The van der Waals surface area contributed by atoms with E-state index in [-0.39, 0.29) is 11.7 Å². The third-order valence-electron chi connectivity index (χ3n) is 3.35. The number of hydrogen-bond donors (Lipinski definition) is 1. The van der Waals surface area contributed by atoms with Crippen LogP contribution in [0.1, 0.15) is 18.1 Å². The lowest BCUT2D eigenvalue weighted by Gasteiger charge is -2.11. The maximum atomic E-state index is 12.8. The fraction of sp³-hybridized carbons (Fsp3) is 0.211. The van der Waals surface area contributed by atoms with Gasteiger partial charge in [-0.25, -0.2) is 4.39 Å². The molecule has 2 aromatic carbocycles. The average molecular weight is 364 g/mol. The van der Waals surface area contributed by atoms with Gasteiger partial charge in [-0.1, -0.05) is 23.7 Å². The van der Waals surface area contributed by atoms with Crippen LogP contribution in [-0.4, -0.2) is 19.6 Å². The van der Waals surface area contributed by atoms with E-state index in [1.807, 2.05) is 6.92 Å². The van der Waals surface area contributed by atoms with Crippen molar-refractivity contribution in [2.75, 3.05) is 13.7 Å². The molecule has 0 saturated carbocycles. The van der Waals surface area contributed by atoms with Crippen molar-refractivity contribution >= 4 is 23.6 Å². The molecule has 0 atom stereocenters. The quantitative estimate of drug-likeness (QED) is 0.749. The van der Waals surface area contributed by atoms with Crippen LogP contribution >= 0.6 is 11.6 Å². The highest BCUT2D eigenvalue weighted by Gasteiger charge is 2.10. The Morgan fingerprint density at radius 2 is 2.00 bits per heavy atom. The fourth-order valence-corrected chi connectivity index (χ4v) is 2.42. The van der Waals surface area contributed by atoms with E-state index in [1.165, 1.54) is 25.3 Å². The molecule has 4 nitrogen and oxygen atoms in total. The highest BCUT2D eigenvalue weighted by Crippen LogP contribution is 2.36. The van der Waals surface area contributed by atoms with E-state index in [1.54, 1.807) is 30.3 Å². The molecule has 1 amide bonds. The standard InChI is InChI=1S/C19H19ClFNO3/c1-3-25-19-16(20)10-14(11-17(19)24-2)6-9-18(23)22-12-13-4-7-15(21)8-5-13/h4-11H,3,12H2,1-2H3,(H,22,23)/b9-6+. The molecule has 0 saturated heterocycles. The first-order valence-corrected chi connectivity index (χ1v) is 8.12. The van der Waals surface area contributed by atoms with Crippen molar-refractivity contribution in [2.24, 2.45) is 0 Å². The number of carbonyl (C=O) groups is 1. The summed E-state index contributed by atoms with van der Waals surface area (Å²) in [5, 5.41) is 3.14. The monoisotopic (exact) mass is 363 g/mol. The number of benzene rings is 2. The maximum absolute atomic E-state index is 12.8. The highest BCUT2D eigenvalue weighted by atomic mass is 35.5. The minimum Gasteiger partial charge on any atom is -0.493 e. The summed E-state index contributed by atoms with van der Waals surface area (Å²) >= 11 is 6.19. The SMILES string of the molecule is CCOc1c(Cl)cc(/C=C/C(=O)NCc2ccc(F)cc2)cc1OC. The van der Waals surface area contributed by atoms with Crippen LogP contribution in [0, 0.1) is 5.82 Å². The van der Waals surface area contributed by atoms with Crippen molar-refractivity contribution in [3.05, 3.63) is 64.4 Å². The Hall–Kier alpha value is -2.53. The summed E-state index contributed by atoms with van der Waals surface area (Å²) in [6.07, 6.45) is 3.03. The fourth-order valence-electron chi connectivity index (χ4n) is 2.14. The number of halogens is 2. The van der Waals surface area contributed by atoms with Gasteiger partial charge in [0.1, 0.15) is 5.82 Å². The molecule has 0 aliphatic rings. The minimum absolute atomic E-state index is 0.270. The second-order valence-electron chi connectivity index (χ2n) is 5.14. The van der Waals surface area contributed by atoms with Gasteiger partial charge in [0.15, 0.2) is 11.5 Å². The normalized spacial score (nSPS) is 10.7. The first kappa shape index (κ1) is 18.8. The first-order chi connectivity index (χ1) is 12.0. The van der Waals surface area contributed by atoms with Gasteiger partial charge in [-0.3, -0.25) is 4.79 Å². The first-order valence-electron chi connectivity index (χ1n) is 7.74. The Morgan fingerprint density at radius 3 is 2.64 bits per heavy atom. The van der Waals surface area contributed by atoms with Crippen molar-refractivity contribution in [1.29, 1.82) is 0 Å². The van der Waals surface area contributed by atoms with E-state index < -0.39 is 0 Å². The molecule has 0 unspecified atom stereocenters. The number of amides is 1. The van der Waals surface area contributed by atoms with E-state index in [0.717, 1.165) is 5.56 Å². The van der Waals surface area contributed by atoms with E-state index in [2.05, 4.69) is 5.32 Å². The van der Waals surface area contributed by atoms with E-state index in [9.17, 15) is 9.18 Å². The molecule has 2 rings (SSSR count). The summed E-state index contributed by atoms with van der Waals surface area (Å²) in [6.45, 7) is 2.64. The molecule has 25 heavy (non-hydrogen) atoms. The third-order valence-corrected chi connectivity index (χ3v) is 3.63. The van der Waals surface area contributed by atoms with Crippen LogP contribution in [0.15, 0.2) is 42.5 Å². The molecule has 1 N–H and O–H groups in total. The lowest BCUT2D eigenvalue weighted by Crippen LogP contribution is -2.20. The zero-order valence-electron chi connectivity index (χ0n) is 14.0. The molecule has 0 aromatic heterocycles. The van der Waals surface area contributed by atoms with Crippen molar-refractivity contribution < 1.29 is 18.7 Å². The summed E-state index contributed by atoms with van der Waals surface area (Å²) in [5.41, 5.74) is 1.52. The van der Waals surface area contributed by atoms with Gasteiger partial charge in [0, 0.05) is 12.6 Å². The van der Waals surface area contributed by atoms with Crippen LogP contribution in [0.2, 0.25) is 5.02 Å². The molecule has 2 aromatic rings. The predicted octanol–water partition coefficient (Wildman–Crippen LogP) is 4.22. The van der Waals surface area contributed by atoms with Crippen LogP contribution in [0.5, 0.6) is 11.5 Å². The maximum Gasteiger partial charge on any atom is 0.244 e. The van der Waals surface area contributed by atoms with E-state index in [0.29, 0.717) is 35.2 Å². The summed E-state index contributed by atoms with van der Waals surface area (Å²) in [4.78, 5) is 11.9. The molecular formula is C19H19ClFNO3. The van der Waals surface area contributed by atoms with Crippen LogP contribution in [-0.2, 0) is 11.3 Å². The van der Waals surface area contributed by atoms with Gasteiger partial charge in [0.05, 0.1) is 18.7 Å². The lowest BCUT2D eigenvalue weighted by molar-refractivity contribution is -0.116. The number of carbonyl (C=O) groups excluding carboxylic acids is 1. The molecule has 0 heterocycles. The Kier molecular flexibility index (Phi) is 6.83. The van der Waals surface area contributed by atoms with Gasteiger partial charge in [-0.05, 0) is 48.4 Å². The molecule has 0 bridgehead atoms. The Morgan fingerprint density at radius 1 is 1.28 bits per heavy atom. The second kappa shape index (κ2) is 9.08. The van der Waals surface area contributed by atoms with Gasteiger partial charge in [0.2, 0.25) is 5.91 Å². The number of ether oxygens (including phenoxy) is 2. The zero-order chi connectivity index (χ0) is 18.2. The third kappa shape index (κ3) is 5.50. The molecule has 0 spiro atoms. The molecule has 0 aliphatic carbocycles. The Bertz CT molecular complexity index is 760. The molecule has 0 fully saturated rings. The van der Waals surface area contributed by atoms with Crippen molar-refractivity contribution in [3.8, 4) is 11.5 Å². The van der Waals surface area contributed by atoms with Crippen LogP contribution < -0.4 is 14.8 Å². The molecule has 0 aliphatic heterocycles. The van der Waals surface area contributed by atoms with Crippen molar-refractivity contribution in [3.63, 3.8) is 0 Å². The van der Waals surface area contributed by atoms with E-state index in [4.69, 9.17) is 21.1 Å². The van der Waals surface area contributed by atoms with E-state index >= 15 is 0 Å². The molecule has 0 radical (unpaired) electrons. The van der Waals surface area contributed by atoms with Crippen LogP contribution in [0.3, 0.4) is 0 Å². The van der Waals surface area contributed by atoms with Gasteiger partial charge in [-0.2, -0.15) is 0 Å². The van der Waals surface area contributed by atoms with Gasteiger partial charge < -0.3 is 14.8 Å². The smallest absolute Gasteiger partial charge is 0.244 e. The lowest BCUT2D eigenvalue weighted by atomic mass is 10.2. The van der Waals surface area contributed by atoms with Gasteiger partial charge >= 0.3 is 0 Å². The number of nitrogens with one attached hydrogen (secondary N) is 1. The second-order valence-corrected chi connectivity index (χ2v) is 5.55. The minimum atomic E-state index is -0.309. The Balaban J connectivity index is 2.01. The topological polar surface area (TPSA) is 47.6 Å². The largest absolute Gasteiger partial charge is 0.493 e. The summed E-state index contributed by atoms with van der Waals surface area (Å²) in [7, 11) is 1.52. The van der Waals surface area contributed by atoms with Gasteiger partial charge in [-0.15, -0.1) is 0 Å². The van der Waals surface area contributed by atoms with Crippen LogP contribution in [0.4, 0.5) is 4.39 Å². The number of methoxy groups -OCH3 is 1. The predicted molar refractivity (Wildman–Crippen MR) is 96.5 cm³/mol. The van der Waals surface area contributed by atoms with Crippen molar-refractivity contribution in [1.82, 2.24) is 5.32 Å².